The van der Waals surface area contributed by atoms with E-state index in [1.165, 1.54) is 11.6 Å². The molecule has 1 atom stereocenters. The monoisotopic (exact) mass is 255 g/mol. The average Bonchev–Trinajstić information content (AvgIpc) is 2.32. The summed E-state index contributed by atoms with van der Waals surface area (Å²) >= 11 is 0. The van der Waals surface area contributed by atoms with Crippen molar-refractivity contribution in [1.82, 2.24) is 14.9 Å². The second-order valence-corrected chi connectivity index (χ2v) is 5.64. The minimum absolute atomic E-state index is 0.0755. The Bertz CT molecular complexity index is 565. The van der Waals surface area contributed by atoms with E-state index < -0.39 is 17.2 Å². The molecule has 6 nitrogen and oxygen atoms in total. The van der Waals surface area contributed by atoms with Crippen molar-refractivity contribution < 1.29 is 9.90 Å². The number of hydrogen-bond donors (Lipinski definition) is 2. The molecule has 0 radical (unpaired) electrons. The van der Waals surface area contributed by atoms with Gasteiger partial charge >= 0.3 is 0 Å². The SMILES string of the molecule is C=S1CCn2c(nc(C(=O)NC)c(O)c2=O)C1. The molecule has 1 aromatic rings. The van der Waals surface area contributed by atoms with E-state index in [2.05, 4.69) is 16.2 Å². The lowest BCUT2D eigenvalue weighted by Gasteiger charge is -2.20. The number of carbonyl (C=O) groups is 1. The predicted molar refractivity (Wildman–Crippen MR) is 66.8 cm³/mol. The summed E-state index contributed by atoms with van der Waals surface area (Å²) in [7, 11) is 1.35. The topological polar surface area (TPSA) is 84.2 Å². The van der Waals surface area contributed by atoms with Crippen molar-refractivity contribution in [2.45, 2.75) is 12.3 Å². The standard InChI is InChI=1S/C10H13N3O3S/c1-11-9(15)7-8(14)10(16)13-3-4-17(2)5-6(13)12-7/h14H,2-5H2,1H3,(H,11,15). The van der Waals surface area contributed by atoms with E-state index in [0.717, 1.165) is 5.75 Å². The fourth-order valence-electron chi connectivity index (χ4n) is 1.68. The van der Waals surface area contributed by atoms with Gasteiger partial charge in [0.15, 0.2) is 5.69 Å². The molecule has 7 heteroatoms. The van der Waals surface area contributed by atoms with E-state index in [0.29, 0.717) is 18.1 Å². The maximum atomic E-state index is 11.8. The highest BCUT2D eigenvalue weighted by Gasteiger charge is 2.22. The Hall–Kier alpha value is -1.63. The molecule has 2 rings (SSSR count). The zero-order chi connectivity index (χ0) is 12.6. The van der Waals surface area contributed by atoms with Crippen LogP contribution in [0.25, 0.3) is 0 Å². The molecule has 1 aliphatic heterocycles. The Labute approximate surface area is 100 Å². The van der Waals surface area contributed by atoms with Crippen LogP contribution in [0.1, 0.15) is 16.3 Å². The molecule has 17 heavy (non-hydrogen) atoms. The Morgan fingerprint density at radius 2 is 2.35 bits per heavy atom. The van der Waals surface area contributed by atoms with Gasteiger partial charge in [0.1, 0.15) is 5.82 Å². The Morgan fingerprint density at radius 1 is 1.65 bits per heavy atom. The van der Waals surface area contributed by atoms with E-state index in [-0.39, 0.29) is 16.2 Å². The van der Waals surface area contributed by atoms with Crippen molar-refractivity contribution >= 4 is 22.3 Å². The summed E-state index contributed by atoms with van der Waals surface area (Å²) in [5.74, 6) is 4.70. The predicted octanol–water partition coefficient (Wildman–Crippen LogP) is -0.477. The number of fused-ring (bicyclic) bond motifs is 1. The van der Waals surface area contributed by atoms with Crippen LogP contribution in [0.5, 0.6) is 5.75 Å². The van der Waals surface area contributed by atoms with Gasteiger partial charge in [-0.3, -0.25) is 14.2 Å². The number of rotatable bonds is 1. The molecule has 0 fully saturated rings. The lowest BCUT2D eigenvalue weighted by molar-refractivity contribution is 0.0954. The van der Waals surface area contributed by atoms with Gasteiger partial charge in [-0.25, -0.2) is 4.98 Å². The zero-order valence-electron chi connectivity index (χ0n) is 9.39. The van der Waals surface area contributed by atoms with Crippen molar-refractivity contribution in [3.05, 3.63) is 21.9 Å². The van der Waals surface area contributed by atoms with Crippen molar-refractivity contribution in [3.8, 4) is 5.75 Å². The van der Waals surface area contributed by atoms with Gasteiger partial charge in [-0.05, 0) is 0 Å². The molecule has 92 valence electrons. The quantitative estimate of drug-likeness (QED) is 0.664. The summed E-state index contributed by atoms with van der Waals surface area (Å²) in [6.07, 6.45) is 0. The minimum Gasteiger partial charge on any atom is -0.501 e. The first-order chi connectivity index (χ1) is 8.04. The second-order valence-electron chi connectivity index (χ2n) is 3.72. The number of carbonyl (C=O) groups excluding carboxylic acids is 1. The largest absolute Gasteiger partial charge is 0.501 e. The van der Waals surface area contributed by atoms with Crippen LogP contribution in [-0.4, -0.2) is 39.2 Å². The molecule has 1 aliphatic rings. The van der Waals surface area contributed by atoms with Crippen LogP contribution in [0, 0.1) is 0 Å². The van der Waals surface area contributed by atoms with E-state index in [9.17, 15) is 14.7 Å². The summed E-state index contributed by atoms with van der Waals surface area (Å²) in [5, 5.41) is 12.0. The van der Waals surface area contributed by atoms with Gasteiger partial charge < -0.3 is 10.4 Å². The van der Waals surface area contributed by atoms with Crippen molar-refractivity contribution in [3.63, 3.8) is 0 Å². The summed E-state index contributed by atoms with van der Waals surface area (Å²) in [5.41, 5.74) is -0.757. The van der Waals surface area contributed by atoms with Gasteiger partial charge in [0.25, 0.3) is 11.5 Å². The first kappa shape index (κ1) is 11.8. The zero-order valence-corrected chi connectivity index (χ0v) is 10.2. The van der Waals surface area contributed by atoms with Gasteiger partial charge in [-0.2, -0.15) is 10.5 Å². The highest BCUT2D eigenvalue weighted by Crippen LogP contribution is 2.23. The van der Waals surface area contributed by atoms with E-state index in [1.807, 2.05) is 0 Å². The molecule has 0 spiro atoms. The van der Waals surface area contributed by atoms with Gasteiger partial charge in [-0.15, -0.1) is 0 Å². The lowest BCUT2D eigenvalue weighted by atomic mass is 10.3. The minimum atomic E-state index is -0.584. The molecule has 0 bridgehead atoms. The van der Waals surface area contributed by atoms with Crippen LogP contribution >= 0.6 is 10.5 Å². The van der Waals surface area contributed by atoms with Crippen molar-refractivity contribution in [2.75, 3.05) is 12.8 Å². The second kappa shape index (κ2) is 4.33. The van der Waals surface area contributed by atoms with Crippen LogP contribution in [0.2, 0.25) is 0 Å². The van der Waals surface area contributed by atoms with Gasteiger partial charge in [0.05, 0.1) is 0 Å². The van der Waals surface area contributed by atoms with Crippen molar-refractivity contribution in [2.24, 2.45) is 0 Å². The van der Waals surface area contributed by atoms with Crippen LogP contribution in [-0.2, 0) is 12.3 Å². The van der Waals surface area contributed by atoms with E-state index >= 15 is 0 Å². The highest BCUT2D eigenvalue weighted by molar-refractivity contribution is 8.13. The third-order valence-corrected chi connectivity index (χ3v) is 4.03. The number of hydrogen-bond acceptors (Lipinski definition) is 4. The van der Waals surface area contributed by atoms with Gasteiger partial charge in [0, 0.05) is 25.1 Å². The number of aromatic hydroxyl groups is 1. The third kappa shape index (κ3) is 1.97. The molecule has 2 N–H and O–H groups in total. The molecule has 0 aromatic carbocycles. The number of aromatic nitrogens is 2. The van der Waals surface area contributed by atoms with Gasteiger partial charge in [-0.1, -0.05) is 5.87 Å². The van der Waals surface area contributed by atoms with Gasteiger partial charge in [0.2, 0.25) is 5.75 Å². The fraction of sp³-hybridized carbons (Fsp3) is 0.400. The summed E-state index contributed by atoms with van der Waals surface area (Å²) < 4.78 is 1.41. The van der Waals surface area contributed by atoms with E-state index in [1.54, 1.807) is 0 Å². The molecule has 1 unspecified atom stereocenters. The Morgan fingerprint density at radius 3 is 3.00 bits per heavy atom. The summed E-state index contributed by atoms with van der Waals surface area (Å²) in [6, 6.07) is 0. The average molecular weight is 255 g/mol. The summed E-state index contributed by atoms with van der Waals surface area (Å²) in [4.78, 5) is 27.4. The van der Waals surface area contributed by atoms with Crippen molar-refractivity contribution in [1.29, 1.82) is 0 Å². The Kier molecular flexibility index (Phi) is 3.01. The molecular formula is C10H13N3O3S. The molecule has 1 amide bonds. The number of nitrogens with one attached hydrogen (secondary N) is 1. The molecule has 1 aromatic heterocycles. The molecule has 2 heterocycles. The maximum Gasteiger partial charge on any atom is 0.296 e. The maximum absolute atomic E-state index is 11.8. The van der Waals surface area contributed by atoms with Crippen LogP contribution in [0.3, 0.4) is 0 Å². The van der Waals surface area contributed by atoms with Crippen LogP contribution < -0.4 is 10.9 Å². The van der Waals surface area contributed by atoms with Crippen LogP contribution in [0.15, 0.2) is 4.79 Å². The lowest BCUT2D eigenvalue weighted by Crippen LogP contribution is -2.32. The molecule has 0 saturated heterocycles. The molecule has 0 aliphatic carbocycles. The molecular weight excluding hydrogens is 242 g/mol. The first-order valence-corrected chi connectivity index (χ1v) is 6.79. The number of amides is 1. The fourth-order valence-corrected chi connectivity index (χ4v) is 2.85. The first-order valence-electron chi connectivity index (χ1n) is 5.06. The third-order valence-electron chi connectivity index (χ3n) is 2.60. The normalized spacial score (nSPS) is 18.5. The summed E-state index contributed by atoms with van der Waals surface area (Å²) in [6.45, 7) is 0.495. The highest BCUT2D eigenvalue weighted by atomic mass is 32.2. The van der Waals surface area contributed by atoms with Crippen LogP contribution in [0.4, 0.5) is 0 Å². The number of nitrogens with zero attached hydrogens (tertiary/aromatic N) is 2. The molecule has 0 saturated carbocycles. The smallest absolute Gasteiger partial charge is 0.296 e. The Balaban J connectivity index is 2.63. The van der Waals surface area contributed by atoms with E-state index in [4.69, 9.17) is 0 Å².